The van der Waals surface area contributed by atoms with E-state index >= 15 is 0 Å². The molecule has 0 radical (unpaired) electrons. The van der Waals surface area contributed by atoms with Crippen LogP contribution in [0.25, 0.3) is 0 Å². The molecule has 0 aromatic rings. The lowest BCUT2D eigenvalue weighted by molar-refractivity contribution is -0.130. The van der Waals surface area contributed by atoms with Crippen LogP contribution in [0, 0.1) is 11.8 Å². The quantitative estimate of drug-likeness (QED) is 0.584. The highest BCUT2D eigenvalue weighted by molar-refractivity contribution is 5.81. The SMILES string of the molecule is CNC1CC(NC(=O)C2CCC(C(C)=O)CC2)C(O)CC1O. The molecule has 4 N–H and O–H groups in total. The molecule has 2 saturated carbocycles. The first-order chi connectivity index (χ1) is 10.4. The van der Waals surface area contributed by atoms with Gasteiger partial charge in [0.25, 0.3) is 0 Å². The van der Waals surface area contributed by atoms with Gasteiger partial charge >= 0.3 is 0 Å². The van der Waals surface area contributed by atoms with Crippen molar-refractivity contribution in [3.05, 3.63) is 0 Å². The van der Waals surface area contributed by atoms with Gasteiger partial charge in [-0.3, -0.25) is 9.59 Å². The molecule has 2 rings (SSSR count). The van der Waals surface area contributed by atoms with Gasteiger partial charge in [0.05, 0.1) is 18.2 Å². The number of nitrogens with one attached hydrogen (secondary N) is 2. The monoisotopic (exact) mass is 312 g/mol. The first kappa shape index (κ1) is 17.4. The molecule has 6 heteroatoms. The molecule has 1 amide bonds. The number of carbonyl (C=O) groups excluding carboxylic acids is 2. The Bertz CT molecular complexity index is 407. The fourth-order valence-corrected chi connectivity index (χ4v) is 3.69. The van der Waals surface area contributed by atoms with Crippen molar-refractivity contribution in [2.45, 2.75) is 69.7 Å². The van der Waals surface area contributed by atoms with Crippen molar-refractivity contribution >= 4 is 11.7 Å². The Hall–Kier alpha value is -0.980. The minimum atomic E-state index is -0.711. The maximum Gasteiger partial charge on any atom is 0.223 e. The third kappa shape index (κ3) is 4.06. The van der Waals surface area contributed by atoms with Crippen molar-refractivity contribution in [2.75, 3.05) is 7.05 Å². The summed E-state index contributed by atoms with van der Waals surface area (Å²) in [5.74, 6) is 0.223. The Balaban J connectivity index is 1.85. The molecule has 2 aliphatic carbocycles. The van der Waals surface area contributed by atoms with Crippen LogP contribution >= 0.6 is 0 Å². The predicted octanol–water partition coefficient (Wildman–Crippen LogP) is -0.0298. The van der Waals surface area contributed by atoms with E-state index in [1.165, 1.54) is 0 Å². The third-order valence-electron chi connectivity index (χ3n) is 5.29. The van der Waals surface area contributed by atoms with Crippen molar-refractivity contribution in [3.8, 4) is 0 Å². The van der Waals surface area contributed by atoms with E-state index < -0.39 is 12.2 Å². The molecular weight excluding hydrogens is 284 g/mol. The zero-order valence-electron chi connectivity index (χ0n) is 13.4. The summed E-state index contributed by atoms with van der Waals surface area (Å²) in [6, 6.07) is -0.430. The van der Waals surface area contributed by atoms with Crippen LogP contribution < -0.4 is 10.6 Å². The summed E-state index contributed by atoms with van der Waals surface area (Å²) >= 11 is 0. The average Bonchev–Trinajstić information content (AvgIpc) is 2.50. The Morgan fingerprint density at radius 3 is 2.00 bits per heavy atom. The molecule has 0 spiro atoms. The van der Waals surface area contributed by atoms with Gasteiger partial charge in [0, 0.05) is 24.3 Å². The molecule has 2 aliphatic rings. The number of ketones is 1. The maximum atomic E-state index is 12.4. The van der Waals surface area contributed by atoms with Gasteiger partial charge in [0.1, 0.15) is 5.78 Å². The molecule has 0 aromatic heterocycles. The fourth-order valence-electron chi connectivity index (χ4n) is 3.69. The number of rotatable bonds is 4. The van der Waals surface area contributed by atoms with E-state index in [0.29, 0.717) is 6.42 Å². The van der Waals surface area contributed by atoms with Crippen LogP contribution in [0.2, 0.25) is 0 Å². The number of hydrogen-bond acceptors (Lipinski definition) is 5. The highest BCUT2D eigenvalue weighted by atomic mass is 16.3. The number of aliphatic hydroxyl groups is 2. The van der Waals surface area contributed by atoms with Gasteiger partial charge in [-0.15, -0.1) is 0 Å². The van der Waals surface area contributed by atoms with Crippen molar-refractivity contribution < 1.29 is 19.8 Å². The minimum absolute atomic E-state index is 0.0303. The second-order valence-electron chi connectivity index (χ2n) is 6.78. The molecule has 6 nitrogen and oxygen atoms in total. The zero-order valence-corrected chi connectivity index (χ0v) is 13.4. The predicted molar refractivity (Wildman–Crippen MR) is 82.2 cm³/mol. The molecule has 0 heterocycles. The number of carbonyl (C=O) groups is 2. The summed E-state index contributed by atoms with van der Waals surface area (Å²) in [5, 5.41) is 25.9. The molecule has 22 heavy (non-hydrogen) atoms. The summed E-state index contributed by atoms with van der Waals surface area (Å²) in [4.78, 5) is 23.7. The summed E-state index contributed by atoms with van der Waals surface area (Å²) in [7, 11) is 1.77. The lowest BCUT2D eigenvalue weighted by atomic mass is 9.79. The average molecular weight is 312 g/mol. The summed E-state index contributed by atoms with van der Waals surface area (Å²) in [5.41, 5.74) is 0. The van der Waals surface area contributed by atoms with Crippen LogP contribution in [0.15, 0.2) is 0 Å². The van der Waals surface area contributed by atoms with Crippen LogP contribution in [0.4, 0.5) is 0 Å². The molecule has 0 aromatic carbocycles. The summed E-state index contributed by atoms with van der Waals surface area (Å²) < 4.78 is 0. The van der Waals surface area contributed by atoms with Crippen LogP contribution in [0.3, 0.4) is 0 Å². The first-order valence-corrected chi connectivity index (χ1v) is 8.26. The Morgan fingerprint density at radius 1 is 0.909 bits per heavy atom. The van der Waals surface area contributed by atoms with Crippen LogP contribution in [-0.4, -0.2) is 53.2 Å². The van der Waals surface area contributed by atoms with Gasteiger partial charge in [-0.2, -0.15) is 0 Å². The third-order valence-corrected chi connectivity index (χ3v) is 5.29. The van der Waals surface area contributed by atoms with Gasteiger partial charge in [0.15, 0.2) is 0 Å². The molecule has 4 atom stereocenters. The largest absolute Gasteiger partial charge is 0.391 e. The Kier molecular flexibility index (Phi) is 5.94. The summed E-state index contributed by atoms with van der Waals surface area (Å²) in [6.07, 6.45) is 2.52. The normalized spacial score (nSPS) is 39.3. The zero-order chi connectivity index (χ0) is 16.3. The Morgan fingerprint density at radius 2 is 1.45 bits per heavy atom. The number of Topliss-reactive ketones (excluding diaryl/α,β-unsaturated/α-hetero) is 1. The lowest BCUT2D eigenvalue weighted by Crippen LogP contribution is -2.57. The van der Waals surface area contributed by atoms with Crippen LogP contribution in [-0.2, 0) is 9.59 Å². The van der Waals surface area contributed by atoms with Gasteiger partial charge in [-0.1, -0.05) is 0 Å². The van der Waals surface area contributed by atoms with E-state index in [1.54, 1.807) is 14.0 Å². The standard InChI is InChI=1S/C16H28N2O4/c1-9(19)10-3-5-11(6-4-10)16(22)18-13-7-12(17-2)14(20)8-15(13)21/h10-15,17,20-21H,3-8H2,1-2H3,(H,18,22). The second kappa shape index (κ2) is 7.53. The van der Waals surface area contributed by atoms with Gasteiger partial charge in [-0.25, -0.2) is 0 Å². The molecular formula is C16H28N2O4. The van der Waals surface area contributed by atoms with Crippen molar-refractivity contribution in [1.82, 2.24) is 10.6 Å². The van der Waals surface area contributed by atoms with E-state index in [4.69, 9.17) is 0 Å². The van der Waals surface area contributed by atoms with Gasteiger partial charge < -0.3 is 20.8 Å². The molecule has 0 bridgehead atoms. The smallest absolute Gasteiger partial charge is 0.223 e. The minimum Gasteiger partial charge on any atom is -0.391 e. The molecule has 4 unspecified atom stereocenters. The van der Waals surface area contributed by atoms with E-state index in [0.717, 1.165) is 25.7 Å². The number of amides is 1. The lowest BCUT2D eigenvalue weighted by Gasteiger charge is -2.38. The van der Waals surface area contributed by atoms with Gasteiger partial charge in [-0.05, 0) is 46.1 Å². The molecule has 0 aliphatic heterocycles. The molecule has 2 fully saturated rings. The number of hydrogen-bond donors (Lipinski definition) is 4. The maximum absolute atomic E-state index is 12.4. The topological polar surface area (TPSA) is 98.7 Å². The van der Waals surface area contributed by atoms with E-state index in [9.17, 15) is 19.8 Å². The van der Waals surface area contributed by atoms with E-state index in [2.05, 4.69) is 10.6 Å². The van der Waals surface area contributed by atoms with Crippen LogP contribution in [0.5, 0.6) is 0 Å². The highest BCUT2D eigenvalue weighted by Gasteiger charge is 2.37. The van der Waals surface area contributed by atoms with Crippen molar-refractivity contribution in [3.63, 3.8) is 0 Å². The van der Waals surface area contributed by atoms with Crippen molar-refractivity contribution in [1.29, 1.82) is 0 Å². The van der Waals surface area contributed by atoms with E-state index in [1.807, 2.05) is 0 Å². The van der Waals surface area contributed by atoms with E-state index in [-0.39, 0.29) is 42.0 Å². The fraction of sp³-hybridized carbons (Fsp3) is 0.875. The molecule has 126 valence electrons. The van der Waals surface area contributed by atoms with Crippen molar-refractivity contribution in [2.24, 2.45) is 11.8 Å². The number of aliphatic hydroxyl groups excluding tert-OH is 2. The Labute approximate surface area is 131 Å². The highest BCUT2D eigenvalue weighted by Crippen LogP contribution is 2.30. The number of likely N-dealkylation sites (N-methyl/N-ethyl adjacent to an activating group) is 1. The summed E-state index contributed by atoms with van der Waals surface area (Å²) in [6.45, 7) is 1.62. The van der Waals surface area contributed by atoms with Crippen LogP contribution in [0.1, 0.15) is 45.4 Å². The van der Waals surface area contributed by atoms with Gasteiger partial charge in [0.2, 0.25) is 5.91 Å². The first-order valence-electron chi connectivity index (χ1n) is 8.26. The molecule has 0 saturated heterocycles. The second-order valence-corrected chi connectivity index (χ2v) is 6.78.